The highest BCUT2D eigenvalue weighted by molar-refractivity contribution is 5.83. The van der Waals surface area contributed by atoms with Crippen molar-refractivity contribution < 1.29 is 9.59 Å². The topological polar surface area (TPSA) is 40.6 Å². The zero-order chi connectivity index (χ0) is 17.8. The third-order valence-corrected chi connectivity index (χ3v) is 5.00. The van der Waals surface area contributed by atoms with Crippen molar-refractivity contribution in [2.75, 3.05) is 19.6 Å². The highest BCUT2D eigenvalue weighted by Gasteiger charge is 2.37. The average Bonchev–Trinajstić information content (AvgIpc) is 3.45. The first-order chi connectivity index (χ1) is 12.0. The van der Waals surface area contributed by atoms with Gasteiger partial charge in [-0.2, -0.15) is 0 Å². The maximum absolute atomic E-state index is 13.1. The third-order valence-electron chi connectivity index (χ3n) is 5.00. The Hall–Kier alpha value is -2.10. The molecule has 4 nitrogen and oxygen atoms in total. The van der Waals surface area contributed by atoms with Crippen LogP contribution in [0, 0.1) is 11.8 Å². The molecule has 1 heterocycles. The Morgan fingerprint density at radius 3 is 2.52 bits per heavy atom. The predicted molar refractivity (Wildman–Crippen MR) is 98.7 cm³/mol. The van der Waals surface area contributed by atoms with Gasteiger partial charge in [0.1, 0.15) is 0 Å². The van der Waals surface area contributed by atoms with E-state index in [1.54, 1.807) is 0 Å². The second kappa shape index (κ2) is 7.85. The second-order valence-corrected chi connectivity index (χ2v) is 7.53. The Morgan fingerprint density at radius 2 is 1.88 bits per heavy atom. The van der Waals surface area contributed by atoms with E-state index in [1.165, 1.54) is 0 Å². The number of benzene rings is 1. The molecule has 1 aromatic carbocycles. The summed E-state index contributed by atoms with van der Waals surface area (Å²) in [5.74, 6) is 0.552. The van der Waals surface area contributed by atoms with Gasteiger partial charge < -0.3 is 9.80 Å². The number of carbonyl (C=O) groups is 2. The van der Waals surface area contributed by atoms with Crippen LogP contribution in [0.5, 0.6) is 0 Å². The van der Waals surface area contributed by atoms with Crippen molar-refractivity contribution in [3.63, 3.8) is 0 Å². The minimum atomic E-state index is -0.0838. The molecule has 2 fully saturated rings. The Labute approximate surface area is 150 Å². The maximum Gasteiger partial charge on any atom is 0.228 e. The fourth-order valence-corrected chi connectivity index (χ4v) is 3.57. The van der Waals surface area contributed by atoms with Crippen LogP contribution in [0.3, 0.4) is 0 Å². The van der Waals surface area contributed by atoms with Crippen LogP contribution in [0.1, 0.15) is 38.2 Å². The molecule has 3 rings (SSSR count). The number of carbonyl (C=O) groups excluding carboxylic acids is 2. The highest BCUT2D eigenvalue weighted by atomic mass is 16.2. The molecule has 0 radical (unpaired) electrons. The molecular formula is C21H28N2O2. The lowest BCUT2D eigenvalue weighted by atomic mass is 9.95. The van der Waals surface area contributed by atoms with Gasteiger partial charge in [-0.3, -0.25) is 9.59 Å². The molecule has 1 atom stereocenters. The minimum Gasteiger partial charge on any atom is -0.342 e. The summed E-state index contributed by atoms with van der Waals surface area (Å²) in [6.07, 6.45) is 3.82. The lowest BCUT2D eigenvalue weighted by molar-refractivity contribution is -0.141. The van der Waals surface area contributed by atoms with Crippen LogP contribution in [0.2, 0.25) is 0 Å². The standard InChI is InChI=1S/C21H28N2O2/c1-16(2)13-23(14-17-7-4-3-5-8-17)21(25)19-9-6-12-22(15-19)20(24)18-10-11-18/h3-5,7-8,18-19H,1,6,9-15H2,2H3. The van der Waals surface area contributed by atoms with Crippen molar-refractivity contribution in [3.8, 4) is 0 Å². The van der Waals surface area contributed by atoms with Crippen LogP contribution < -0.4 is 0 Å². The molecule has 1 aromatic rings. The van der Waals surface area contributed by atoms with Crippen LogP contribution in [0.4, 0.5) is 0 Å². The number of hydrogen-bond donors (Lipinski definition) is 0. The molecule has 0 spiro atoms. The summed E-state index contributed by atoms with van der Waals surface area (Å²) in [6, 6.07) is 10.1. The van der Waals surface area contributed by atoms with Gasteiger partial charge in [0, 0.05) is 32.1 Å². The monoisotopic (exact) mass is 340 g/mol. The predicted octanol–water partition coefficient (Wildman–Crippen LogP) is 3.24. The van der Waals surface area contributed by atoms with Gasteiger partial charge in [-0.25, -0.2) is 0 Å². The van der Waals surface area contributed by atoms with Crippen molar-refractivity contribution in [3.05, 3.63) is 48.0 Å². The van der Waals surface area contributed by atoms with E-state index in [2.05, 4.69) is 6.58 Å². The number of nitrogens with zero attached hydrogens (tertiary/aromatic N) is 2. The van der Waals surface area contributed by atoms with E-state index in [0.29, 0.717) is 19.6 Å². The van der Waals surface area contributed by atoms with Crippen LogP contribution in [0.25, 0.3) is 0 Å². The Bertz CT molecular complexity index is 637. The van der Waals surface area contributed by atoms with E-state index in [-0.39, 0.29) is 23.7 Å². The van der Waals surface area contributed by atoms with Crippen molar-refractivity contribution in [2.45, 2.75) is 39.2 Å². The number of amides is 2. The summed E-state index contributed by atoms with van der Waals surface area (Å²) in [7, 11) is 0. The molecule has 2 aliphatic rings. The molecule has 4 heteroatoms. The normalized spacial score (nSPS) is 20.2. The second-order valence-electron chi connectivity index (χ2n) is 7.53. The zero-order valence-electron chi connectivity index (χ0n) is 15.1. The smallest absolute Gasteiger partial charge is 0.228 e. The molecule has 1 aliphatic heterocycles. The van der Waals surface area contributed by atoms with Crippen molar-refractivity contribution in [1.82, 2.24) is 9.80 Å². The quantitative estimate of drug-likeness (QED) is 0.746. The summed E-state index contributed by atoms with van der Waals surface area (Å²) < 4.78 is 0. The average molecular weight is 340 g/mol. The molecule has 1 saturated heterocycles. The Balaban J connectivity index is 1.67. The molecule has 25 heavy (non-hydrogen) atoms. The largest absolute Gasteiger partial charge is 0.342 e. The Morgan fingerprint density at radius 1 is 1.16 bits per heavy atom. The molecule has 1 saturated carbocycles. The van der Waals surface area contributed by atoms with Gasteiger partial charge in [-0.1, -0.05) is 42.5 Å². The van der Waals surface area contributed by atoms with Crippen molar-refractivity contribution in [1.29, 1.82) is 0 Å². The first-order valence-electron chi connectivity index (χ1n) is 9.30. The summed E-state index contributed by atoms with van der Waals surface area (Å²) in [6.45, 7) is 8.48. The van der Waals surface area contributed by atoms with E-state index in [0.717, 1.165) is 43.4 Å². The molecular weight excluding hydrogens is 312 g/mol. The van der Waals surface area contributed by atoms with Crippen molar-refractivity contribution in [2.24, 2.45) is 11.8 Å². The summed E-state index contributed by atoms with van der Waals surface area (Å²) in [4.78, 5) is 29.3. The molecule has 0 bridgehead atoms. The fourth-order valence-electron chi connectivity index (χ4n) is 3.57. The van der Waals surface area contributed by atoms with E-state index < -0.39 is 0 Å². The first kappa shape index (κ1) is 17.7. The highest BCUT2D eigenvalue weighted by Crippen LogP contribution is 2.32. The number of rotatable bonds is 6. The molecule has 134 valence electrons. The SMILES string of the molecule is C=C(C)CN(Cc1ccccc1)C(=O)C1CCCN(C(=O)C2CC2)C1. The number of likely N-dealkylation sites (tertiary alicyclic amines) is 1. The minimum absolute atomic E-state index is 0.0838. The molecule has 1 aliphatic carbocycles. The van der Waals surface area contributed by atoms with Gasteiger partial charge in [-0.05, 0) is 38.2 Å². The van der Waals surface area contributed by atoms with Gasteiger partial charge in [0.25, 0.3) is 0 Å². The number of hydrogen-bond acceptors (Lipinski definition) is 2. The van der Waals surface area contributed by atoms with Crippen LogP contribution in [0.15, 0.2) is 42.5 Å². The first-order valence-corrected chi connectivity index (χ1v) is 9.30. The van der Waals surface area contributed by atoms with Crippen molar-refractivity contribution >= 4 is 11.8 Å². The summed E-state index contributed by atoms with van der Waals surface area (Å²) >= 11 is 0. The van der Waals surface area contributed by atoms with E-state index in [4.69, 9.17) is 0 Å². The van der Waals surface area contributed by atoms with E-state index >= 15 is 0 Å². The zero-order valence-corrected chi connectivity index (χ0v) is 15.1. The van der Waals surface area contributed by atoms with E-state index in [9.17, 15) is 9.59 Å². The lowest BCUT2D eigenvalue weighted by Gasteiger charge is -2.35. The summed E-state index contributed by atoms with van der Waals surface area (Å²) in [5.41, 5.74) is 2.10. The molecule has 1 unspecified atom stereocenters. The van der Waals surface area contributed by atoms with Gasteiger partial charge in [0.05, 0.1) is 5.92 Å². The van der Waals surface area contributed by atoms with Gasteiger partial charge in [0.15, 0.2) is 0 Å². The van der Waals surface area contributed by atoms with Gasteiger partial charge in [-0.15, -0.1) is 0 Å². The Kier molecular flexibility index (Phi) is 5.57. The van der Waals surface area contributed by atoms with E-state index in [1.807, 2.05) is 47.1 Å². The van der Waals surface area contributed by atoms with Crippen LogP contribution in [-0.2, 0) is 16.1 Å². The fraction of sp³-hybridized carbons (Fsp3) is 0.524. The molecule has 0 N–H and O–H groups in total. The number of piperidine rings is 1. The lowest BCUT2D eigenvalue weighted by Crippen LogP contribution is -2.47. The van der Waals surface area contributed by atoms with Gasteiger partial charge >= 0.3 is 0 Å². The van der Waals surface area contributed by atoms with Crippen LogP contribution in [-0.4, -0.2) is 41.2 Å². The van der Waals surface area contributed by atoms with Crippen LogP contribution >= 0.6 is 0 Å². The molecule has 0 aromatic heterocycles. The third kappa shape index (κ3) is 4.71. The van der Waals surface area contributed by atoms with Gasteiger partial charge in [0.2, 0.25) is 11.8 Å². The maximum atomic E-state index is 13.1. The summed E-state index contributed by atoms with van der Waals surface area (Å²) in [5, 5.41) is 0. The molecule has 2 amide bonds.